The van der Waals surface area contributed by atoms with Crippen LogP contribution in [0.3, 0.4) is 0 Å². The minimum atomic E-state index is -0.594. The molecule has 2 rings (SSSR count). The second kappa shape index (κ2) is 4.68. The van der Waals surface area contributed by atoms with Crippen molar-refractivity contribution in [2.45, 2.75) is 6.92 Å². The molecule has 0 radical (unpaired) electrons. The first-order chi connectivity index (χ1) is 8.08. The third-order valence-corrected chi connectivity index (χ3v) is 2.69. The summed E-state index contributed by atoms with van der Waals surface area (Å²) < 4.78 is 13.6. The Labute approximate surface area is 104 Å². The molecule has 0 aliphatic rings. The van der Waals surface area contributed by atoms with Crippen molar-refractivity contribution >= 4 is 17.4 Å². The molecule has 1 nitrogen and oxygen atoms in total. The Bertz CT molecular complexity index is 578. The van der Waals surface area contributed by atoms with Crippen molar-refractivity contribution in [1.29, 1.82) is 0 Å². The van der Waals surface area contributed by atoms with E-state index in [-0.39, 0.29) is 16.4 Å². The number of carbonyl (C=O) groups is 1. The van der Waals surface area contributed by atoms with Crippen LogP contribution in [-0.2, 0) is 0 Å². The Hall–Kier alpha value is -1.67. The molecule has 0 heterocycles. The molecule has 0 aliphatic carbocycles. The van der Waals surface area contributed by atoms with Crippen molar-refractivity contribution in [3.63, 3.8) is 0 Å². The summed E-state index contributed by atoms with van der Waals surface area (Å²) >= 11 is 5.64. The van der Waals surface area contributed by atoms with Gasteiger partial charge >= 0.3 is 0 Å². The second-order valence-electron chi connectivity index (χ2n) is 3.82. The first kappa shape index (κ1) is 11.8. The Morgan fingerprint density at radius 2 is 1.94 bits per heavy atom. The van der Waals surface area contributed by atoms with E-state index in [1.54, 1.807) is 18.2 Å². The number of benzene rings is 2. The monoisotopic (exact) mass is 248 g/mol. The minimum Gasteiger partial charge on any atom is -0.288 e. The van der Waals surface area contributed by atoms with Crippen LogP contribution in [0.25, 0.3) is 0 Å². The highest BCUT2D eigenvalue weighted by atomic mass is 35.5. The number of hydrogen-bond donors (Lipinski definition) is 0. The first-order valence-corrected chi connectivity index (χ1v) is 5.52. The lowest BCUT2D eigenvalue weighted by Gasteiger charge is -2.04. The van der Waals surface area contributed by atoms with Gasteiger partial charge < -0.3 is 0 Å². The molecule has 0 unspecified atom stereocenters. The molecule has 0 aromatic heterocycles. The summed E-state index contributed by atoms with van der Waals surface area (Å²) in [5, 5.41) is 0.281. The van der Waals surface area contributed by atoms with Gasteiger partial charge in [-0.05, 0) is 31.2 Å². The average molecular weight is 249 g/mol. The number of aryl methyl sites for hydroxylation is 1. The Balaban J connectivity index is 2.44. The molecule has 0 N–H and O–H groups in total. The quantitative estimate of drug-likeness (QED) is 0.734. The van der Waals surface area contributed by atoms with Crippen molar-refractivity contribution in [2.24, 2.45) is 0 Å². The van der Waals surface area contributed by atoms with Gasteiger partial charge in [-0.15, -0.1) is 0 Å². The summed E-state index contributed by atoms with van der Waals surface area (Å²) in [7, 11) is 0. The molecule has 17 heavy (non-hydrogen) atoms. The van der Waals surface area contributed by atoms with E-state index < -0.39 is 5.82 Å². The zero-order chi connectivity index (χ0) is 12.4. The van der Waals surface area contributed by atoms with E-state index in [4.69, 9.17) is 11.6 Å². The highest BCUT2D eigenvalue weighted by molar-refractivity contribution is 6.30. The van der Waals surface area contributed by atoms with E-state index in [1.807, 2.05) is 13.0 Å². The Morgan fingerprint density at radius 3 is 2.59 bits per heavy atom. The van der Waals surface area contributed by atoms with Gasteiger partial charge in [-0.1, -0.05) is 35.4 Å². The van der Waals surface area contributed by atoms with Crippen molar-refractivity contribution in [3.05, 3.63) is 70.0 Å². The Morgan fingerprint density at radius 1 is 1.18 bits per heavy atom. The van der Waals surface area contributed by atoms with Crippen LogP contribution >= 0.6 is 11.6 Å². The fourth-order valence-electron chi connectivity index (χ4n) is 1.62. The summed E-state index contributed by atoms with van der Waals surface area (Å²) in [6, 6.07) is 11.1. The molecular formula is C14H10ClFO. The third-order valence-electron chi connectivity index (χ3n) is 2.46. The summed E-state index contributed by atoms with van der Waals surface area (Å²) in [5.41, 5.74) is 1.48. The van der Waals surface area contributed by atoms with Gasteiger partial charge in [-0.25, -0.2) is 4.39 Å². The van der Waals surface area contributed by atoms with Gasteiger partial charge in [0.25, 0.3) is 0 Å². The van der Waals surface area contributed by atoms with Crippen LogP contribution in [0.2, 0.25) is 5.02 Å². The molecule has 3 heteroatoms. The topological polar surface area (TPSA) is 17.1 Å². The standard InChI is InChI=1S/C14H10ClFO/c1-9-3-2-4-10(7-9)14(17)12-6-5-11(15)8-13(12)16/h2-8H,1H3. The van der Waals surface area contributed by atoms with Gasteiger partial charge in [0.15, 0.2) is 5.78 Å². The summed E-state index contributed by atoms with van der Waals surface area (Å²) in [5.74, 6) is -0.924. The minimum absolute atomic E-state index is 0.0417. The van der Waals surface area contributed by atoms with Gasteiger partial charge in [-0.2, -0.15) is 0 Å². The second-order valence-corrected chi connectivity index (χ2v) is 4.26. The molecule has 0 fully saturated rings. The summed E-state index contributed by atoms with van der Waals surface area (Å²) in [4.78, 5) is 12.0. The molecule has 2 aromatic carbocycles. The molecule has 0 aliphatic heterocycles. The maximum absolute atomic E-state index is 13.6. The SMILES string of the molecule is Cc1cccc(C(=O)c2ccc(Cl)cc2F)c1. The van der Waals surface area contributed by atoms with E-state index in [1.165, 1.54) is 12.1 Å². The normalized spacial score (nSPS) is 10.3. The van der Waals surface area contributed by atoms with Crippen molar-refractivity contribution < 1.29 is 9.18 Å². The van der Waals surface area contributed by atoms with Crippen LogP contribution in [-0.4, -0.2) is 5.78 Å². The number of halogens is 2. The van der Waals surface area contributed by atoms with Crippen LogP contribution in [0.1, 0.15) is 21.5 Å². The number of hydrogen-bond acceptors (Lipinski definition) is 1. The maximum atomic E-state index is 13.6. The van der Waals surface area contributed by atoms with Crippen LogP contribution in [0.15, 0.2) is 42.5 Å². The molecule has 0 bridgehead atoms. The first-order valence-electron chi connectivity index (χ1n) is 5.14. The molecule has 0 atom stereocenters. The molecule has 0 amide bonds. The molecule has 0 saturated heterocycles. The zero-order valence-corrected chi connectivity index (χ0v) is 9.96. The van der Waals surface area contributed by atoms with Crippen LogP contribution in [0.5, 0.6) is 0 Å². The zero-order valence-electron chi connectivity index (χ0n) is 9.21. The van der Waals surface area contributed by atoms with E-state index in [0.717, 1.165) is 11.6 Å². The van der Waals surface area contributed by atoms with Crippen LogP contribution in [0.4, 0.5) is 4.39 Å². The molecule has 0 spiro atoms. The van der Waals surface area contributed by atoms with Crippen LogP contribution in [0, 0.1) is 12.7 Å². The van der Waals surface area contributed by atoms with E-state index >= 15 is 0 Å². The van der Waals surface area contributed by atoms with Gasteiger partial charge in [0.2, 0.25) is 0 Å². The molecule has 0 saturated carbocycles. The van der Waals surface area contributed by atoms with E-state index in [0.29, 0.717) is 5.56 Å². The van der Waals surface area contributed by atoms with Gasteiger partial charge in [0.05, 0.1) is 5.56 Å². The number of rotatable bonds is 2. The summed E-state index contributed by atoms with van der Waals surface area (Å²) in [6.07, 6.45) is 0. The lowest BCUT2D eigenvalue weighted by molar-refractivity contribution is 0.103. The van der Waals surface area contributed by atoms with Crippen molar-refractivity contribution in [1.82, 2.24) is 0 Å². The van der Waals surface area contributed by atoms with Crippen molar-refractivity contribution in [2.75, 3.05) is 0 Å². The van der Waals surface area contributed by atoms with E-state index in [2.05, 4.69) is 0 Å². The lowest BCUT2D eigenvalue weighted by Crippen LogP contribution is -2.04. The molecule has 86 valence electrons. The van der Waals surface area contributed by atoms with E-state index in [9.17, 15) is 9.18 Å². The smallest absolute Gasteiger partial charge is 0.195 e. The van der Waals surface area contributed by atoms with Gasteiger partial charge in [0.1, 0.15) is 5.82 Å². The van der Waals surface area contributed by atoms with Gasteiger partial charge in [-0.3, -0.25) is 4.79 Å². The van der Waals surface area contributed by atoms with Crippen LogP contribution < -0.4 is 0 Å². The summed E-state index contributed by atoms with van der Waals surface area (Å²) in [6.45, 7) is 1.88. The highest BCUT2D eigenvalue weighted by Crippen LogP contribution is 2.18. The average Bonchev–Trinajstić information content (AvgIpc) is 2.28. The largest absolute Gasteiger partial charge is 0.288 e. The highest BCUT2D eigenvalue weighted by Gasteiger charge is 2.14. The Kier molecular flexibility index (Phi) is 3.25. The fourth-order valence-corrected chi connectivity index (χ4v) is 1.77. The predicted octanol–water partition coefficient (Wildman–Crippen LogP) is 4.02. The fraction of sp³-hybridized carbons (Fsp3) is 0.0714. The lowest BCUT2D eigenvalue weighted by atomic mass is 10.0. The molecule has 2 aromatic rings. The molecular weight excluding hydrogens is 239 g/mol. The maximum Gasteiger partial charge on any atom is 0.195 e. The predicted molar refractivity (Wildman–Crippen MR) is 66.0 cm³/mol. The number of carbonyl (C=O) groups excluding carboxylic acids is 1. The number of ketones is 1. The van der Waals surface area contributed by atoms with Crippen molar-refractivity contribution in [3.8, 4) is 0 Å². The van der Waals surface area contributed by atoms with Gasteiger partial charge in [0, 0.05) is 10.6 Å². The third kappa shape index (κ3) is 2.53.